The number of aryl methyl sites for hydroxylation is 1. The van der Waals surface area contributed by atoms with Crippen molar-refractivity contribution in [2.45, 2.75) is 13.2 Å². The van der Waals surface area contributed by atoms with Crippen LogP contribution in [0.2, 0.25) is 0 Å². The zero-order valence-electron chi connectivity index (χ0n) is 9.35. The van der Waals surface area contributed by atoms with E-state index in [1.807, 2.05) is 6.92 Å². The number of hydrogen-bond donors (Lipinski definition) is 0. The van der Waals surface area contributed by atoms with Crippen LogP contribution in [0.25, 0.3) is 11.3 Å². The Labute approximate surface area is 101 Å². The van der Waals surface area contributed by atoms with Gasteiger partial charge in [-0.15, -0.1) is 8.78 Å². The normalized spacial score (nSPS) is 15.7. The summed E-state index contributed by atoms with van der Waals surface area (Å²) in [7, 11) is 0. The summed E-state index contributed by atoms with van der Waals surface area (Å²) in [6, 6.07) is 8.06. The number of ether oxygens (including phenoxy) is 2. The highest BCUT2D eigenvalue weighted by Crippen LogP contribution is 2.42. The smallest absolute Gasteiger partial charge is 0.395 e. The monoisotopic (exact) mass is 250 g/mol. The zero-order valence-corrected chi connectivity index (χ0v) is 9.35. The second-order valence-electron chi connectivity index (χ2n) is 3.89. The van der Waals surface area contributed by atoms with Gasteiger partial charge >= 0.3 is 6.29 Å². The van der Waals surface area contributed by atoms with Gasteiger partial charge in [0.05, 0.1) is 11.4 Å². The number of aromatic nitrogens is 2. The zero-order chi connectivity index (χ0) is 12.8. The third kappa shape index (κ3) is 1.85. The Morgan fingerprint density at radius 1 is 1.00 bits per heavy atom. The largest absolute Gasteiger partial charge is 0.586 e. The fourth-order valence-electron chi connectivity index (χ4n) is 1.66. The summed E-state index contributed by atoms with van der Waals surface area (Å²) in [4.78, 5) is 0. The Bertz CT molecular complexity index is 600. The molecule has 1 aliphatic heterocycles. The molecule has 1 aliphatic rings. The Hall–Kier alpha value is -2.24. The van der Waals surface area contributed by atoms with Crippen molar-refractivity contribution in [3.8, 4) is 22.8 Å². The molecular formula is C12H8F2N2O2. The molecule has 0 saturated heterocycles. The summed E-state index contributed by atoms with van der Waals surface area (Å²) in [6.07, 6.45) is -3.60. The van der Waals surface area contributed by atoms with Crippen molar-refractivity contribution in [3.63, 3.8) is 0 Å². The molecule has 2 aromatic rings. The predicted molar refractivity (Wildman–Crippen MR) is 58.4 cm³/mol. The minimum atomic E-state index is -3.60. The van der Waals surface area contributed by atoms with Crippen molar-refractivity contribution in [1.82, 2.24) is 10.2 Å². The van der Waals surface area contributed by atoms with Gasteiger partial charge in [-0.3, -0.25) is 0 Å². The van der Waals surface area contributed by atoms with Crippen LogP contribution in [-0.2, 0) is 0 Å². The number of alkyl halides is 2. The maximum atomic E-state index is 12.9. The van der Waals surface area contributed by atoms with E-state index in [1.165, 1.54) is 12.1 Å². The Morgan fingerprint density at radius 2 is 1.78 bits per heavy atom. The molecule has 0 aliphatic carbocycles. The maximum Gasteiger partial charge on any atom is 0.586 e. The average molecular weight is 250 g/mol. The summed E-state index contributed by atoms with van der Waals surface area (Å²) in [5, 5.41) is 7.88. The molecule has 4 nitrogen and oxygen atoms in total. The molecule has 0 spiro atoms. The molecule has 0 fully saturated rings. The Kier molecular flexibility index (Phi) is 2.19. The lowest BCUT2D eigenvalue weighted by atomic mass is 10.1. The van der Waals surface area contributed by atoms with Gasteiger partial charge in [0, 0.05) is 5.56 Å². The number of rotatable bonds is 1. The van der Waals surface area contributed by atoms with Gasteiger partial charge in [-0.1, -0.05) is 0 Å². The number of halogens is 2. The summed E-state index contributed by atoms with van der Waals surface area (Å²) in [5.74, 6) is 0.0173. The van der Waals surface area contributed by atoms with Crippen LogP contribution in [0.4, 0.5) is 8.78 Å². The van der Waals surface area contributed by atoms with Crippen molar-refractivity contribution >= 4 is 0 Å². The van der Waals surface area contributed by atoms with Gasteiger partial charge in [-0.2, -0.15) is 10.2 Å². The van der Waals surface area contributed by atoms with E-state index >= 15 is 0 Å². The lowest BCUT2D eigenvalue weighted by Crippen LogP contribution is -2.25. The van der Waals surface area contributed by atoms with Crippen LogP contribution in [0.1, 0.15) is 5.69 Å². The van der Waals surface area contributed by atoms with E-state index < -0.39 is 6.29 Å². The van der Waals surface area contributed by atoms with Crippen molar-refractivity contribution in [2.24, 2.45) is 0 Å². The molecule has 0 N–H and O–H groups in total. The fraction of sp³-hybridized carbons (Fsp3) is 0.167. The number of fused-ring (bicyclic) bond motifs is 1. The van der Waals surface area contributed by atoms with E-state index in [0.717, 1.165) is 5.69 Å². The van der Waals surface area contributed by atoms with Crippen LogP contribution in [0.15, 0.2) is 30.3 Å². The lowest BCUT2D eigenvalue weighted by Gasteiger charge is -2.04. The molecule has 0 amide bonds. The van der Waals surface area contributed by atoms with Crippen molar-refractivity contribution < 1.29 is 18.3 Å². The highest BCUT2D eigenvalue weighted by Gasteiger charge is 2.43. The molecule has 0 unspecified atom stereocenters. The first-order valence-electron chi connectivity index (χ1n) is 5.24. The third-order valence-corrected chi connectivity index (χ3v) is 2.49. The molecule has 1 aromatic carbocycles. The van der Waals surface area contributed by atoms with E-state index in [1.54, 1.807) is 18.2 Å². The van der Waals surface area contributed by atoms with E-state index in [0.29, 0.717) is 11.3 Å². The first-order valence-corrected chi connectivity index (χ1v) is 5.24. The van der Waals surface area contributed by atoms with Crippen LogP contribution < -0.4 is 9.47 Å². The first-order chi connectivity index (χ1) is 8.53. The topological polar surface area (TPSA) is 44.2 Å². The summed E-state index contributed by atoms with van der Waals surface area (Å²) < 4.78 is 34.4. The van der Waals surface area contributed by atoms with Crippen LogP contribution >= 0.6 is 0 Å². The Morgan fingerprint density at radius 3 is 2.50 bits per heavy atom. The molecule has 3 rings (SSSR count). The van der Waals surface area contributed by atoms with E-state index in [2.05, 4.69) is 19.7 Å². The summed E-state index contributed by atoms with van der Waals surface area (Å²) in [5.41, 5.74) is 2.01. The number of hydrogen-bond acceptors (Lipinski definition) is 4. The molecule has 2 heterocycles. The van der Waals surface area contributed by atoms with E-state index in [4.69, 9.17) is 0 Å². The molecule has 92 valence electrons. The lowest BCUT2D eigenvalue weighted by molar-refractivity contribution is -0.286. The second-order valence-corrected chi connectivity index (χ2v) is 3.89. The Balaban J connectivity index is 1.99. The van der Waals surface area contributed by atoms with Crippen LogP contribution in [0.5, 0.6) is 11.5 Å². The minimum Gasteiger partial charge on any atom is -0.395 e. The SMILES string of the molecule is Cc1ccc(-c2ccc3c(c2)OC(F)(F)O3)nn1. The standard InChI is InChI=1S/C12H8F2N2O2/c1-7-2-4-9(16-15-7)8-3-5-10-11(6-8)18-12(13,14)17-10/h2-6H,1H3. The van der Waals surface area contributed by atoms with Gasteiger partial charge in [0.25, 0.3) is 0 Å². The molecule has 0 radical (unpaired) electrons. The molecule has 1 aromatic heterocycles. The summed E-state index contributed by atoms with van der Waals surface area (Å²) in [6.45, 7) is 1.82. The molecule has 0 bridgehead atoms. The van der Waals surface area contributed by atoms with Crippen LogP contribution in [0.3, 0.4) is 0 Å². The number of nitrogens with zero attached hydrogens (tertiary/aromatic N) is 2. The quantitative estimate of drug-likeness (QED) is 0.780. The molecule has 6 heteroatoms. The highest BCUT2D eigenvalue weighted by molar-refractivity contribution is 5.64. The van der Waals surface area contributed by atoms with Gasteiger partial charge in [0.1, 0.15) is 0 Å². The second kappa shape index (κ2) is 3.63. The third-order valence-electron chi connectivity index (χ3n) is 2.49. The molecule has 0 saturated carbocycles. The number of benzene rings is 1. The van der Waals surface area contributed by atoms with Crippen molar-refractivity contribution in [2.75, 3.05) is 0 Å². The van der Waals surface area contributed by atoms with Gasteiger partial charge < -0.3 is 9.47 Å². The highest BCUT2D eigenvalue weighted by atomic mass is 19.3. The van der Waals surface area contributed by atoms with Gasteiger partial charge in [-0.25, -0.2) is 0 Å². The van der Waals surface area contributed by atoms with Crippen molar-refractivity contribution in [1.29, 1.82) is 0 Å². The molecular weight excluding hydrogens is 242 g/mol. The molecule has 18 heavy (non-hydrogen) atoms. The molecule has 0 atom stereocenters. The van der Waals surface area contributed by atoms with Crippen LogP contribution in [-0.4, -0.2) is 16.5 Å². The first kappa shape index (κ1) is 10.9. The van der Waals surface area contributed by atoms with Crippen LogP contribution in [0, 0.1) is 6.92 Å². The minimum absolute atomic E-state index is 0.000116. The van der Waals surface area contributed by atoms with Gasteiger partial charge in [0.15, 0.2) is 11.5 Å². The maximum absolute atomic E-state index is 12.9. The fourth-order valence-corrected chi connectivity index (χ4v) is 1.66. The van der Waals surface area contributed by atoms with Crippen molar-refractivity contribution in [3.05, 3.63) is 36.0 Å². The van der Waals surface area contributed by atoms with Gasteiger partial charge in [-0.05, 0) is 37.3 Å². The average Bonchev–Trinajstić information content (AvgIpc) is 2.62. The summed E-state index contributed by atoms with van der Waals surface area (Å²) >= 11 is 0. The predicted octanol–water partition coefficient (Wildman–Crippen LogP) is 2.77. The van der Waals surface area contributed by atoms with E-state index in [9.17, 15) is 8.78 Å². The van der Waals surface area contributed by atoms with Gasteiger partial charge in [0.2, 0.25) is 0 Å². The van der Waals surface area contributed by atoms with E-state index in [-0.39, 0.29) is 11.5 Å².